The summed E-state index contributed by atoms with van der Waals surface area (Å²) in [6.45, 7) is 2.94. The van der Waals surface area contributed by atoms with Gasteiger partial charge < -0.3 is 22.1 Å². The van der Waals surface area contributed by atoms with Gasteiger partial charge in [0.1, 0.15) is 0 Å². The van der Waals surface area contributed by atoms with Gasteiger partial charge in [-0.1, -0.05) is 72.8 Å². The molecule has 0 bridgehead atoms. The van der Waals surface area contributed by atoms with Gasteiger partial charge in [0.25, 0.3) is 0 Å². The third-order valence-electron chi connectivity index (χ3n) is 4.50. The van der Waals surface area contributed by atoms with Crippen molar-refractivity contribution in [3.05, 3.63) is 84.9 Å². The highest BCUT2D eigenvalue weighted by molar-refractivity contribution is 5.94. The summed E-state index contributed by atoms with van der Waals surface area (Å²) in [7, 11) is 0. The van der Waals surface area contributed by atoms with Crippen molar-refractivity contribution in [2.75, 3.05) is 36.8 Å². The molecule has 0 amide bonds. The summed E-state index contributed by atoms with van der Waals surface area (Å²) in [5.74, 6) is 0. The van der Waals surface area contributed by atoms with Crippen molar-refractivity contribution in [1.82, 2.24) is 0 Å². The zero-order chi connectivity index (χ0) is 19.6. The minimum Gasteiger partial charge on any atom is -0.383 e. The normalized spacial score (nSPS) is 10.4. The van der Waals surface area contributed by atoms with E-state index in [-0.39, 0.29) is 0 Å². The highest BCUT2D eigenvalue weighted by atomic mass is 14.9. The largest absolute Gasteiger partial charge is 0.383 e. The molecule has 0 aliphatic rings. The van der Waals surface area contributed by atoms with Crippen LogP contribution >= 0.6 is 0 Å². The lowest BCUT2D eigenvalue weighted by Gasteiger charge is -2.08. The van der Waals surface area contributed by atoms with Gasteiger partial charge in [-0.3, -0.25) is 0 Å². The lowest BCUT2D eigenvalue weighted by Crippen LogP contribution is -2.13. The first kappa shape index (κ1) is 19.7. The molecule has 0 saturated carbocycles. The Morgan fingerprint density at radius 3 is 1.32 bits per heavy atom. The molecule has 4 rings (SSSR count). The third kappa shape index (κ3) is 5.00. The molecule has 0 heterocycles. The maximum atomic E-state index is 5.46. The lowest BCUT2D eigenvalue weighted by atomic mass is 10.1. The second-order valence-electron chi connectivity index (χ2n) is 6.48. The molecule has 0 aliphatic carbocycles. The topological polar surface area (TPSA) is 76.1 Å². The Labute approximate surface area is 166 Å². The Kier molecular flexibility index (Phi) is 7.24. The molecule has 4 aromatic carbocycles. The van der Waals surface area contributed by atoms with E-state index in [2.05, 4.69) is 95.6 Å². The summed E-state index contributed by atoms with van der Waals surface area (Å²) >= 11 is 0. The van der Waals surface area contributed by atoms with Gasteiger partial charge in [0.15, 0.2) is 0 Å². The predicted octanol–water partition coefficient (Wildman–Crippen LogP) is 4.42. The second-order valence-corrected chi connectivity index (χ2v) is 6.48. The summed E-state index contributed by atoms with van der Waals surface area (Å²) in [6, 6.07) is 29.2. The summed E-state index contributed by atoms with van der Waals surface area (Å²) in [5.41, 5.74) is 13.2. The summed E-state index contributed by atoms with van der Waals surface area (Å²) < 4.78 is 0. The van der Waals surface area contributed by atoms with Crippen molar-refractivity contribution in [2.45, 2.75) is 0 Å². The molecular weight excluding hydrogens is 344 g/mol. The highest BCUT2D eigenvalue weighted by Crippen LogP contribution is 2.23. The molecule has 144 valence electrons. The van der Waals surface area contributed by atoms with E-state index < -0.39 is 0 Å². The molecule has 0 aromatic heterocycles. The Morgan fingerprint density at radius 1 is 0.500 bits per heavy atom. The van der Waals surface area contributed by atoms with Crippen LogP contribution in [-0.4, -0.2) is 26.2 Å². The van der Waals surface area contributed by atoms with E-state index in [1.165, 1.54) is 21.5 Å². The average molecular weight is 373 g/mol. The fourth-order valence-corrected chi connectivity index (χ4v) is 3.17. The molecule has 4 heteroatoms. The minimum atomic E-state index is 0.656. The van der Waals surface area contributed by atoms with Crippen LogP contribution < -0.4 is 22.1 Å². The molecular formula is C24H28N4. The van der Waals surface area contributed by atoms with Crippen LogP contribution in [0.25, 0.3) is 21.5 Å². The Balaban J connectivity index is 0.000000161. The molecule has 4 aromatic rings. The first-order chi connectivity index (χ1) is 13.8. The monoisotopic (exact) mass is 372 g/mol. The van der Waals surface area contributed by atoms with Crippen LogP contribution in [0.4, 0.5) is 11.4 Å². The molecule has 0 saturated heterocycles. The molecule has 0 unspecified atom stereocenters. The molecule has 6 N–H and O–H groups in total. The van der Waals surface area contributed by atoms with Crippen LogP contribution in [0.1, 0.15) is 0 Å². The number of hydrogen-bond donors (Lipinski definition) is 4. The van der Waals surface area contributed by atoms with Gasteiger partial charge in [-0.05, 0) is 22.9 Å². The molecule has 0 spiro atoms. The van der Waals surface area contributed by atoms with Gasteiger partial charge in [-0.15, -0.1) is 0 Å². The fraction of sp³-hybridized carbons (Fsp3) is 0.167. The fourth-order valence-electron chi connectivity index (χ4n) is 3.17. The number of benzene rings is 4. The summed E-state index contributed by atoms with van der Waals surface area (Å²) in [5, 5.41) is 11.6. The van der Waals surface area contributed by atoms with E-state index in [4.69, 9.17) is 11.5 Å². The quantitative estimate of drug-likeness (QED) is 0.404. The summed E-state index contributed by atoms with van der Waals surface area (Å²) in [6.07, 6.45) is 0. The van der Waals surface area contributed by atoms with Crippen LogP contribution in [0.2, 0.25) is 0 Å². The number of fused-ring (bicyclic) bond motifs is 2. The maximum Gasteiger partial charge on any atom is 0.0420 e. The molecule has 0 radical (unpaired) electrons. The number of nitrogens with one attached hydrogen (secondary N) is 2. The predicted molar refractivity (Wildman–Crippen MR) is 123 cm³/mol. The average Bonchev–Trinajstić information content (AvgIpc) is 2.76. The SMILES string of the molecule is NCCNc1cccc2ccccc12.NCCNc1cccc2ccccc12. The van der Waals surface area contributed by atoms with Crippen molar-refractivity contribution in [2.24, 2.45) is 11.5 Å². The number of nitrogens with two attached hydrogens (primary N) is 2. The zero-order valence-electron chi connectivity index (χ0n) is 16.1. The van der Waals surface area contributed by atoms with Gasteiger partial charge in [-0.2, -0.15) is 0 Å². The highest BCUT2D eigenvalue weighted by Gasteiger charge is 1.98. The van der Waals surface area contributed by atoms with Gasteiger partial charge in [-0.25, -0.2) is 0 Å². The van der Waals surface area contributed by atoms with Crippen molar-refractivity contribution in [1.29, 1.82) is 0 Å². The van der Waals surface area contributed by atoms with Crippen molar-refractivity contribution in [3.8, 4) is 0 Å². The Hall–Kier alpha value is -3.08. The first-order valence-electron chi connectivity index (χ1n) is 9.67. The van der Waals surface area contributed by atoms with Crippen LogP contribution in [0.3, 0.4) is 0 Å². The van der Waals surface area contributed by atoms with Gasteiger partial charge in [0.2, 0.25) is 0 Å². The van der Waals surface area contributed by atoms with E-state index in [0.717, 1.165) is 24.5 Å². The van der Waals surface area contributed by atoms with Gasteiger partial charge >= 0.3 is 0 Å². The Bertz CT molecular complexity index is 919. The van der Waals surface area contributed by atoms with Crippen molar-refractivity contribution < 1.29 is 0 Å². The standard InChI is InChI=1S/2C12H14N2/c2*13-8-9-14-12-7-3-5-10-4-1-2-6-11(10)12/h2*1-7,14H,8-9,13H2. The van der Waals surface area contributed by atoms with E-state index in [0.29, 0.717) is 13.1 Å². The van der Waals surface area contributed by atoms with Crippen LogP contribution in [-0.2, 0) is 0 Å². The van der Waals surface area contributed by atoms with E-state index in [1.807, 2.05) is 0 Å². The first-order valence-corrected chi connectivity index (χ1v) is 9.67. The molecule has 0 aliphatic heterocycles. The van der Waals surface area contributed by atoms with E-state index in [9.17, 15) is 0 Å². The van der Waals surface area contributed by atoms with Crippen LogP contribution in [0.15, 0.2) is 84.9 Å². The van der Waals surface area contributed by atoms with Crippen LogP contribution in [0.5, 0.6) is 0 Å². The molecule has 0 atom stereocenters. The second kappa shape index (κ2) is 10.3. The third-order valence-corrected chi connectivity index (χ3v) is 4.50. The van der Waals surface area contributed by atoms with Crippen LogP contribution in [0, 0.1) is 0 Å². The van der Waals surface area contributed by atoms with Crippen molar-refractivity contribution in [3.63, 3.8) is 0 Å². The van der Waals surface area contributed by atoms with E-state index >= 15 is 0 Å². The van der Waals surface area contributed by atoms with E-state index in [1.54, 1.807) is 0 Å². The smallest absolute Gasteiger partial charge is 0.0420 e. The maximum absolute atomic E-state index is 5.46. The van der Waals surface area contributed by atoms with Crippen molar-refractivity contribution >= 4 is 32.9 Å². The molecule has 28 heavy (non-hydrogen) atoms. The molecule has 0 fully saturated rings. The lowest BCUT2D eigenvalue weighted by molar-refractivity contribution is 1.03. The minimum absolute atomic E-state index is 0.656. The molecule has 4 nitrogen and oxygen atoms in total. The Morgan fingerprint density at radius 2 is 0.893 bits per heavy atom. The summed E-state index contributed by atoms with van der Waals surface area (Å²) in [4.78, 5) is 0. The number of hydrogen-bond acceptors (Lipinski definition) is 4. The zero-order valence-corrected chi connectivity index (χ0v) is 16.1. The number of rotatable bonds is 6. The number of anilines is 2. The van der Waals surface area contributed by atoms with Gasteiger partial charge in [0.05, 0.1) is 0 Å². The van der Waals surface area contributed by atoms with Gasteiger partial charge in [0, 0.05) is 48.3 Å².